The van der Waals surface area contributed by atoms with Gasteiger partial charge in [-0.25, -0.2) is 4.98 Å². The summed E-state index contributed by atoms with van der Waals surface area (Å²) in [4.78, 5) is 3.73. The number of nitriles is 1. The van der Waals surface area contributed by atoms with Crippen molar-refractivity contribution in [2.75, 3.05) is 5.32 Å². The lowest BCUT2D eigenvalue weighted by Crippen LogP contribution is -2.09. The van der Waals surface area contributed by atoms with Gasteiger partial charge in [-0.05, 0) is 49.3 Å². The second kappa shape index (κ2) is 4.88. The van der Waals surface area contributed by atoms with E-state index in [1.54, 1.807) is 13.0 Å². The minimum atomic E-state index is -0.544. The van der Waals surface area contributed by atoms with Crippen molar-refractivity contribution in [3.63, 3.8) is 0 Å². The number of benzene rings is 1. The molecule has 1 heterocycles. The lowest BCUT2D eigenvalue weighted by molar-refractivity contribution is 0.581. The molecule has 0 aliphatic heterocycles. The molecule has 0 bridgehead atoms. The lowest BCUT2D eigenvalue weighted by atomic mass is 9.92. The van der Waals surface area contributed by atoms with Gasteiger partial charge < -0.3 is 10.7 Å². The molecule has 1 aromatic carbocycles. The van der Waals surface area contributed by atoms with Crippen LogP contribution in [0, 0.1) is 35.0 Å². The molecule has 2 saturated carbocycles. The van der Waals surface area contributed by atoms with E-state index in [1.807, 2.05) is 18.2 Å². The first-order valence-corrected chi connectivity index (χ1v) is 7.99. The smallest absolute Gasteiger partial charge is 0.215 e. The number of hydrogen-bond donors (Lipinski definition) is 2. The molecular weight excluding hydrogens is 303 g/mol. The van der Waals surface area contributed by atoms with Gasteiger partial charge in [0.25, 0.3) is 0 Å². The molecule has 2 N–H and O–H groups in total. The Bertz CT molecular complexity index is 874. The van der Waals surface area contributed by atoms with Crippen LogP contribution in [-0.4, -0.2) is 11.2 Å². The molecule has 1 atom stereocenters. The van der Waals surface area contributed by atoms with Gasteiger partial charge in [-0.15, -0.1) is 0 Å². The average molecular weight is 320 g/mol. The van der Waals surface area contributed by atoms with E-state index in [0.29, 0.717) is 22.6 Å². The zero-order valence-corrected chi connectivity index (χ0v) is 13.4. The van der Waals surface area contributed by atoms with Crippen molar-refractivity contribution >= 4 is 17.6 Å². The molecule has 1 spiro atoms. The first-order chi connectivity index (χ1) is 11.5. The molecule has 0 radical (unpaired) electrons. The van der Waals surface area contributed by atoms with Crippen LogP contribution in [0.2, 0.25) is 0 Å². The molecule has 4 nitrogen and oxygen atoms in total. The molecule has 2 aliphatic carbocycles. The summed E-state index contributed by atoms with van der Waals surface area (Å²) in [7, 11) is 0. The van der Waals surface area contributed by atoms with Crippen LogP contribution < -0.4 is 5.32 Å². The van der Waals surface area contributed by atoms with Gasteiger partial charge in [0.2, 0.25) is 5.95 Å². The first-order valence-electron chi connectivity index (χ1n) is 7.99. The highest BCUT2D eigenvalue weighted by Gasteiger charge is 2.75. The number of halogens is 1. The van der Waals surface area contributed by atoms with Gasteiger partial charge in [-0.1, -0.05) is 12.1 Å². The zero-order chi connectivity index (χ0) is 16.9. The highest BCUT2D eigenvalue weighted by Crippen LogP contribution is 2.78. The summed E-state index contributed by atoms with van der Waals surface area (Å²) in [6.07, 6.45) is 4.41. The Morgan fingerprint density at radius 3 is 2.71 bits per heavy atom. The van der Waals surface area contributed by atoms with Gasteiger partial charge in [0.15, 0.2) is 0 Å². The Morgan fingerprint density at radius 2 is 2.12 bits per heavy atom. The minimum Gasteiger partial charge on any atom is -0.355 e. The Hall–Kier alpha value is -2.74. The molecule has 5 heteroatoms. The number of aromatic nitrogens is 1. The van der Waals surface area contributed by atoms with E-state index in [-0.39, 0.29) is 10.8 Å². The normalized spacial score (nSPS) is 22.7. The summed E-state index contributed by atoms with van der Waals surface area (Å²) in [5, 5.41) is 20.5. The molecule has 0 amide bonds. The van der Waals surface area contributed by atoms with Crippen LogP contribution >= 0.6 is 0 Å². The predicted octanol–water partition coefficient (Wildman–Crippen LogP) is 4.22. The third-order valence-electron chi connectivity index (χ3n) is 5.33. The Labute approximate surface area is 139 Å². The second-order valence-electron chi connectivity index (χ2n) is 6.87. The monoisotopic (exact) mass is 320 g/mol. The fraction of sp³-hybridized carbons (Fsp3) is 0.316. The third-order valence-corrected chi connectivity index (χ3v) is 5.33. The molecule has 0 saturated heterocycles. The van der Waals surface area contributed by atoms with Crippen LogP contribution in [0.3, 0.4) is 0 Å². The van der Waals surface area contributed by atoms with Crippen LogP contribution in [0.1, 0.15) is 36.1 Å². The third kappa shape index (κ3) is 2.10. The zero-order valence-electron chi connectivity index (χ0n) is 13.4. The number of anilines is 2. The fourth-order valence-electron chi connectivity index (χ4n) is 3.76. The van der Waals surface area contributed by atoms with E-state index in [2.05, 4.69) is 16.4 Å². The van der Waals surface area contributed by atoms with E-state index in [0.717, 1.165) is 24.8 Å². The molecule has 2 fully saturated rings. The van der Waals surface area contributed by atoms with Crippen LogP contribution in [-0.2, 0) is 5.41 Å². The molecule has 2 aliphatic rings. The number of nitrogens with zero attached hydrogens (tertiary/aromatic N) is 2. The number of pyridine rings is 1. The largest absolute Gasteiger partial charge is 0.355 e. The summed E-state index contributed by atoms with van der Waals surface area (Å²) in [5.74, 6) is -0.544. The Morgan fingerprint density at radius 1 is 1.33 bits per heavy atom. The van der Waals surface area contributed by atoms with Crippen molar-refractivity contribution in [3.8, 4) is 6.07 Å². The highest BCUT2D eigenvalue weighted by molar-refractivity contribution is 5.88. The van der Waals surface area contributed by atoms with E-state index in [1.165, 1.54) is 12.3 Å². The van der Waals surface area contributed by atoms with E-state index >= 15 is 0 Å². The number of nitrogens with one attached hydrogen (secondary N) is 2. The van der Waals surface area contributed by atoms with Gasteiger partial charge in [0.1, 0.15) is 0 Å². The van der Waals surface area contributed by atoms with Crippen LogP contribution in [0.4, 0.5) is 15.8 Å². The van der Waals surface area contributed by atoms with Crippen molar-refractivity contribution in [2.45, 2.75) is 31.6 Å². The topological polar surface area (TPSA) is 72.6 Å². The molecule has 24 heavy (non-hydrogen) atoms. The number of aryl methyl sites for hydroxylation is 1. The maximum atomic E-state index is 13.5. The molecular formula is C19H17FN4. The maximum Gasteiger partial charge on any atom is 0.215 e. The minimum absolute atomic E-state index is 0.185. The molecule has 1 aromatic heterocycles. The quantitative estimate of drug-likeness (QED) is 0.654. The van der Waals surface area contributed by atoms with E-state index < -0.39 is 5.95 Å². The summed E-state index contributed by atoms with van der Waals surface area (Å²) in [5.41, 5.74) is 3.37. The number of rotatable bonds is 4. The SMILES string of the molecule is Cc1cc(Nc2cc(C3(C#N)CC34CC4)ccc2C=N)cc(F)n1. The maximum absolute atomic E-state index is 13.5. The van der Waals surface area contributed by atoms with Crippen molar-refractivity contribution in [2.24, 2.45) is 5.41 Å². The van der Waals surface area contributed by atoms with Gasteiger partial charge in [-0.3, -0.25) is 0 Å². The van der Waals surface area contributed by atoms with E-state index in [9.17, 15) is 9.65 Å². The van der Waals surface area contributed by atoms with Gasteiger partial charge in [0.05, 0.1) is 11.5 Å². The Balaban J connectivity index is 1.73. The molecule has 1 unspecified atom stereocenters. The highest BCUT2D eigenvalue weighted by atomic mass is 19.1. The van der Waals surface area contributed by atoms with Crippen LogP contribution in [0.15, 0.2) is 30.3 Å². The van der Waals surface area contributed by atoms with Gasteiger partial charge in [0, 0.05) is 34.9 Å². The van der Waals surface area contributed by atoms with Crippen LogP contribution in [0.25, 0.3) is 0 Å². The molecule has 2 aromatic rings. The average Bonchev–Trinajstić information content (AvgIpc) is 3.45. The molecule has 4 rings (SSSR count). The van der Waals surface area contributed by atoms with Crippen molar-refractivity contribution in [1.82, 2.24) is 4.98 Å². The van der Waals surface area contributed by atoms with Crippen molar-refractivity contribution in [1.29, 1.82) is 10.7 Å². The van der Waals surface area contributed by atoms with Crippen molar-refractivity contribution in [3.05, 3.63) is 53.1 Å². The second-order valence-corrected chi connectivity index (χ2v) is 6.87. The summed E-state index contributed by atoms with van der Waals surface area (Å²) in [6, 6.07) is 11.3. The van der Waals surface area contributed by atoms with E-state index in [4.69, 9.17) is 5.41 Å². The predicted molar refractivity (Wildman–Crippen MR) is 90.1 cm³/mol. The van der Waals surface area contributed by atoms with Crippen molar-refractivity contribution < 1.29 is 4.39 Å². The lowest BCUT2D eigenvalue weighted by Gasteiger charge is -2.15. The standard InChI is InChI=1S/C19H17FN4/c1-12-6-15(8-17(20)23-12)24-16-7-14(3-2-13(16)9-21)19(11-22)10-18(19)4-5-18/h2-3,6-9,21H,4-5,10H2,1H3,(H,23,24). The van der Waals surface area contributed by atoms with Crippen LogP contribution in [0.5, 0.6) is 0 Å². The Kier molecular flexibility index (Phi) is 3.01. The fourth-order valence-corrected chi connectivity index (χ4v) is 3.76. The van der Waals surface area contributed by atoms with Gasteiger partial charge >= 0.3 is 0 Å². The van der Waals surface area contributed by atoms with Gasteiger partial charge in [-0.2, -0.15) is 9.65 Å². The summed E-state index contributed by atoms with van der Waals surface area (Å²) >= 11 is 0. The number of hydrogen-bond acceptors (Lipinski definition) is 4. The first kappa shape index (κ1) is 14.8. The summed E-state index contributed by atoms with van der Waals surface area (Å²) in [6.45, 7) is 1.73. The summed E-state index contributed by atoms with van der Waals surface area (Å²) < 4.78 is 13.5. The molecule has 120 valence electrons.